The van der Waals surface area contributed by atoms with Gasteiger partial charge in [-0.3, -0.25) is 9.59 Å². The van der Waals surface area contributed by atoms with Crippen molar-refractivity contribution in [1.82, 2.24) is 4.90 Å². The molecule has 15 heavy (non-hydrogen) atoms. The zero-order valence-corrected chi connectivity index (χ0v) is 10.4. The van der Waals surface area contributed by atoms with E-state index in [9.17, 15) is 9.59 Å². The van der Waals surface area contributed by atoms with Crippen molar-refractivity contribution in [3.63, 3.8) is 0 Å². The Balaban J connectivity index is 3.85. The number of aliphatic carboxylic acids is 1. The standard InChI is InChI=1S/C10H19NO3S/c1-10(2,15)7-11(3)8(12)5-4-6-9(13)14/h15H,4-7H2,1-3H3,(H,13,14). The van der Waals surface area contributed by atoms with Gasteiger partial charge in [0.15, 0.2) is 0 Å². The van der Waals surface area contributed by atoms with Crippen LogP contribution in [0.1, 0.15) is 33.1 Å². The lowest BCUT2D eigenvalue weighted by atomic mass is 10.1. The summed E-state index contributed by atoms with van der Waals surface area (Å²) < 4.78 is -0.225. The molecule has 1 N–H and O–H groups in total. The SMILES string of the molecule is CN(CC(C)(C)S)C(=O)CCCC(=O)O. The molecule has 0 aromatic rings. The van der Waals surface area contributed by atoms with Crippen molar-refractivity contribution < 1.29 is 14.7 Å². The van der Waals surface area contributed by atoms with Crippen LogP contribution in [0.25, 0.3) is 0 Å². The van der Waals surface area contributed by atoms with Crippen LogP contribution in [-0.4, -0.2) is 40.2 Å². The van der Waals surface area contributed by atoms with Crippen molar-refractivity contribution in [3.8, 4) is 0 Å². The quantitative estimate of drug-likeness (QED) is 0.682. The fourth-order valence-corrected chi connectivity index (χ4v) is 1.46. The number of carbonyl (C=O) groups excluding carboxylic acids is 1. The Morgan fingerprint density at radius 1 is 1.33 bits per heavy atom. The fraction of sp³-hybridized carbons (Fsp3) is 0.800. The Kier molecular flexibility index (Phi) is 5.72. The Morgan fingerprint density at radius 2 is 1.87 bits per heavy atom. The van der Waals surface area contributed by atoms with Gasteiger partial charge in [-0.2, -0.15) is 12.6 Å². The van der Waals surface area contributed by atoms with Crippen molar-refractivity contribution in [1.29, 1.82) is 0 Å². The molecule has 0 aliphatic carbocycles. The van der Waals surface area contributed by atoms with Crippen LogP contribution in [0, 0.1) is 0 Å². The smallest absolute Gasteiger partial charge is 0.303 e. The molecule has 0 radical (unpaired) electrons. The molecule has 0 aliphatic rings. The number of hydrogen-bond donors (Lipinski definition) is 2. The van der Waals surface area contributed by atoms with E-state index < -0.39 is 5.97 Å². The monoisotopic (exact) mass is 233 g/mol. The Bertz CT molecular complexity index is 235. The van der Waals surface area contributed by atoms with Crippen molar-refractivity contribution in [3.05, 3.63) is 0 Å². The molecular weight excluding hydrogens is 214 g/mol. The van der Waals surface area contributed by atoms with Crippen molar-refractivity contribution in [2.24, 2.45) is 0 Å². The van der Waals surface area contributed by atoms with Gasteiger partial charge in [0.2, 0.25) is 5.91 Å². The second-order valence-corrected chi connectivity index (χ2v) is 5.52. The summed E-state index contributed by atoms with van der Waals surface area (Å²) in [5.74, 6) is -0.890. The summed E-state index contributed by atoms with van der Waals surface area (Å²) in [7, 11) is 1.71. The first-order valence-electron chi connectivity index (χ1n) is 4.90. The van der Waals surface area contributed by atoms with Gasteiger partial charge in [0.25, 0.3) is 0 Å². The van der Waals surface area contributed by atoms with E-state index in [0.29, 0.717) is 13.0 Å². The highest BCUT2D eigenvalue weighted by Gasteiger charge is 2.18. The van der Waals surface area contributed by atoms with Gasteiger partial charge in [0, 0.05) is 31.2 Å². The molecule has 0 heterocycles. The first-order chi connectivity index (χ1) is 6.72. The number of carboxylic acids is 1. The Hall–Kier alpha value is -0.710. The molecule has 0 rings (SSSR count). The van der Waals surface area contributed by atoms with Crippen LogP contribution in [0.4, 0.5) is 0 Å². The minimum Gasteiger partial charge on any atom is -0.481 e. The van der Waals surface area contributed by atoms with E-state index in [1.54, 1.807) is 11.9 Å². The number of carbonyl (C=O) groups is 2. The van der Waals surface area contributed by atoms with Crippen LogP contribution in [0.2, 0.25) is 0 Å². The molecule has 4 nitrogen and oxygen atoms in total. The third kappa shape index (κ3) is 8.30. The fourth-order valence-electron chi connectivity index (χ4n) is 1.25. The minimum absolute atomic E-state index is 0.0293. The zero-order valence-electron chi connectivity index (χ0n) is 9.49. The lowest BCUT2D eigenvalue weighted by Crippen LogP contribution is -2.36. The summed E-state index contributed by atoms with van der Waals surface area (Å²) in [5.41, 5.74) is 0. The molecule has 0 spiro atoms. The number of hydrogen-bond acceptors (Lipinski definition) is 3. The molecule has 0 saturated carbocycles. The summed E-state index contributed by atoms with van der Waals surface area (Å²) in [6.07, 6.45) is 0.724. The number of thiol groups is 1. The molecule has 0 saturated heterocycles. The zero-order chi connectivity index (χ0) is 12.1. The van der Waals surface area contributed by atoms with Crippen molar-refractivity contribution >= 4 is 24.5 Å². The maximum absolute atomic E-state index is 11.5. The van der Waals surface area contributed by atoms with Crippen LogP contribution in [0.3, 0.4) is 0 Å². The van der Waals surface area contributed by atoms with Crippen LogP contribution in [0.5, 0.6) is 0 Å². The van der Waals surface area contributed by atoms with E-state index >= 15 is 0 Å². The summed E-state index contributed by atoms with van der Waals surface area (Å²) >= 11 is 4.32. The van der Waals surface area contributed by atoms with Gasteiger partial charge in [-0.25, -0.2) is 0 Å². The van der Waals surface area contributed by atoms with Gasteiger partial charge in [0.05, 0.1) is 0 Å². The van der Waals surface area contributed by atoms with Crippen molar-refractivity contribution in [2.45, 2.75) is 37.9 Å². The molecule has 88 valence electrons. The average Bonchev–Trinajstić information content (AvgIpc) is 1.99. The highest BCUT2D eigenvalue weighted by Crippen LogP contribution is 2.13. The molecule has 0 aromatic heterocycles. The van der Waals surface area contributed by atoms with Gasteiger partial charge in [-0.1, -0.05) is 0 Å². The minimum atomic E-state index is -0.861. The van der Waals surface area contributed by atoms with Gasteiger partial charge in [-0.05, 0) is 20.3 Å². The molecular formula is C10H19NO3S. The molecule has 0 aromatic carbocycles. The molecule has 0 fully saturated rings. The molecule has 1 amide bonds. The van der Waals surface area contributed by atoms with Gasteiger partial charge < -0.3 is 10.0 Å². The second kappa shape index (κ2) is 6.00. The lowest BCUT2D eigenvalue weighted by Gasteiger charge is -2.25. The Morgan fingerprint density at radius 3 is 2.27 bits per heavy atom. The van der Waals surface area contributed by atoms with E-state index in [0.717, 1.165) is 0 Å². The van der Waals surface area contributed by atoms with E-state index in [4.69, 9.17) is 5.11 Å². The molecule has 5 heteroatoms. The number of rotatable bonds is 6. The van der Waals surface area contributed by atoms with Crippen LogP contribution in [-0.2, 0) is 9.59 Å². The van der Waals surface area contributed by atoms with Gasteiger partial charge in [-0.15, -0.1) is 0 Å². The van der Waals surface area contributed by atoms with Gasteiger partial charge >= 0.3 is 5.97 Å². The van der Waals surface area contributed by atoms with Crippen molar-refractivity contribution in [2.75, 3.05) is 13.6 Å². The molecule has 0 bridgehead atoms. The summed E-state index contributed by atoms with van der Waals surface area (Å²) in [6.45, 7) is 4.41. The first kappa shape index (κ1) is 14.3. The summed E-state index contributed by atoms with van der Waals surface area (Å²) in [6, 6.07) is 0. The van der Waals surface area contributed by atoms with Crippen LogP contribution >= 0.6 is 12.6 Å². The lowest BCUT2D eigenvalue weighted by molar-refractivity contribution is -0.137. The number of amides is 1. The van der Waals surface area contributed by atoms with E-state index in [-0.39, 0.29) is 23.5 Å². The van der Waals surface area contributed by atoms with Crippen LogP contribution in [0.15, 0.2) is 0 Å². The normalized spacial score (nSPS) is 11.2. The third-order valence-electron chi connectivity index (χ3n) is 1.83. The van der Waals surface area contributed by atoms with E-state index in [1.807, 2.05) is 13.8 Å². The summed E-state index contributed by atoms with van der Waals surface area (Å²) in [4.78, 5) is 23.3. The van der Waals surface area contributed by atoms with Crippen LogP contribution < -0.4 is 0 Å². The topological polar surface area (TPSA) is 57.6 Å². The predicted octanol–water partition coefficient (Wildman–Crippen LogP) is 1.41. The highest BCUT2D eigenvalue weighted by atomic mass is 32.1. The number of carboxylic acid groups (broad SMARTS) is 1. The first-order valence-corrected chi connectivity index (χ1v) is 5.35. The Labute approximate surface area is 96.1 Å². The second-order valence-electron chi connectivity index (χ2n) is 4.31. The average molecular weight is 233 g/mol. The maximum Gasteiger partial charge on any atom is 0.303 e. The number of nitrogens with zero attached hydrogens (tertiary/aromatic N) is 1. The third-order valence-corrected chi connectivity index (χ3v) is 1.97. The summed E-state index contributed by atoms with van der Waals surface area (Å²) in [5, 5.41) is 8.41. The molecule has 0 aliphatic heterocycles. The van der Waals surface area contributed by atoms with E-state index in [2.05, 4.69) is 12.6 Å². The molecule has 0 atom stereocenters. The predicted molar refractivity (Wildman–Crippen MR) is 62.2 cm³/mol. The highest BCUT2D eigenvalue weighted by molar-refractivity contribution is 7.81. The maximum atomic E-state index is 11.5. The van der Waals surface area contributed by atoms with Gasteiger partial charge in [0.1, 0.15) is 0 Å². The molecule has 0 unspecified atom stereocenters. The van der Waals surface area contributed by atoms with E-state index in [1.165, 1.54) is 0 Å². The largest absolute Gasteiger partial charge is 0.481 e.